The second kappa shape index (κ2) is 9.72. The van der Waals surface area contributed by atoms with Gasteiger partial charge in [0, 0.05) is 32.7 Å². The number of benzene rings is 3. The summed E-state index contributed by atoms with van der Waals surface area (Å²) in [5, 5.41) is 0.463. The van der Waals surface area contributed by atoms with Gasteiger partial charge in [0.2, 0.25) is 5.95 Å². The Kier molecular flexibility index (Phi) is 6.33. The lowest BCUT2D eigenvalue weighted by molar-refractivity contribution is 0.0601. The largest absolute Gasteiger partial charge is 0.465 e. The second-order valence-corrected chi connectivity index (χ2v) is 8.86. The molecular formula is C28H28N4O3. The molecule has 4 aromatic rings. The fourth-order valence-corrected chi connectivity index (χ4v) is 4.51. The molecule has 0 spiro atoms. The third kappa shape index (κ3) is 4.68. The maximum absolute atomic E-state index is 13.7. The molecule has 7 heteroatoms. The van der Waals surface area contributed by atoms with E-state index in [2.05, 4.69) is 34.1 Å². The van der Waals surface area contributed by atoms with Crippen molar-refractivity contribution < 1.29 is 9.53 Å². The van der Waals surface area contributed by atoms with E-state index in [1.165, 1.54) is 12.7 Å². The number of anilines is 1. The van der Waals surface area contributed by atoms with Crippen molar-refractivity contribution in [3.8, 4) is 5.69 Å². The van der Waals surface area contributed by atoms with Crippen LogP contribution in [-0.4, -0.2) is 53.7 Å². The van der Waals surface area contributed by atoms with Crippen LogP contribution in [0.2, 0.25) is 0 Å². The molecule has 0 radical (unpaired) electrons. The van der Waals surface area contributed by atoms with E-state index in [4.69, 9.17) is 9.72 Å². The number of fused-ring (bicyclic) bond motifs is 1. The standard InChI is InChI=1S/C28H28N4O3/c1-20-8-11-23(12-9-20)32-26(33)24-13-10-22(27(34)35-2)18-25(24)29-28(32)31-16-14-30(15-17-31)19-21-6-4-3-5-7-21/h3-13,18H,14-17,19H2,1-2H3. The maximum Gasteiger partial charge on any atom is 0.337 e. The van der Waals surface area contributed by atoms with Gasteiger partial charge in [0.25, 0.3) is 5.56 Å². The van der Waals surface area contributed by atoms with Gasteiger partial charge in [-0.1, -0.05) is 48.0 Å². The number of methoxy groups -OCH3 is 1. The molecular weight excluding hydrogens is 440 g/mol. The normalized spacial score (nSPS) is 14.3. The molecule has 0 aliphatic carbocycles. The molecule has 5 rings (SSSR count). The van der Waals surface area contributed by atoms with Crippen LogP contribution in [0.1, 0.15) is 21.5 Å². The third-order valence-electron chi connectivity index (χ3n) is 6.47. The highest BCUT2D eigenvalue weighted by molar-refractivity contribution is 5.94. The van der Waals surface area contributed by atoms with Gasteiger partial charge in [-0.15, -0.1) is 0 Å². The molecule has 0 unspecified atom stereocenters. The van der Waals surface area contributed by atoms with Crippen molar-refractivity contribution in [2.75, 3.05) is 38.2 Å². The molecule has 1 fully saturated rings. The molecule has 0 saturated carbocycles. The number of piperazine rings is 1. The van der Waals surface area contributed by atoms with Gasteiger partial charge in [-0.05, 0) is 42.8 Å². The van der Waals surface area contributed by atoms with Crippen molar-refractivity contribution in [1.29, 1.82) is 0 Å². The molecule has 7 nitrogen and oxygen atoms in total. The molecule has 0 N–H and O–H groups in total. The van der Waals surface area contributed by atoms with Crippen molar-refractivity contribution in [1.82, 2.24) is 14.5 Å². The number of nitrogens with zero attached hydrogens (tertiary/aromatic N) is 4. The molecule has 1 saturated heterocycles. The van der Waals surface area contributed by atoms with Crippen LogP contribution in [0.3, 0.4) is 0 Å². The van der Waals surface area contributed by atoms with E-state index in [9.17, 15) is 9.59 Å². The van der Waals surface area contributed by atoms with E-state index in [1.807, 2.05) is 37.3 Å². The first kappa shape index (κ1) is 22.8. The van der Waals surface area contributed by atoms with Crippen molar-refractivity contribution in [2.45, 2.75) is 13.5 Å². The lowest BCUT2D eigenvalue weighted by Crippen LogP contribution is -2.47. The third-order valence-corrected chi connectivity index (χ3v) is 6.47. The van der Waals surface area contributed by atoms with Crippen LogP contribution in [0.25, 0.3) is 16.6 Å². The van der Waals surface area contributed by atoms with Gasteiger partial charge < -0.3 is 9.64 Å². The summed E-state index contributed by atoms with van der Waals surface area (Å²) in [5.74, 6) is 0.139. The zero-order valence-electron chi connectivity index (χ0n) is 20.0. The number of hydrogen-bond donors (Lipinski definition) is 0. The van der Waals surface area contributed by atoms with Gasteiger partial charge in [0.15, 0.2) is 0 Å². The predicted molar refractivity (Wildman–Crippen MR) is 137 cm³/mol. The van der Waals surface area contributed by atoms with Crippen molar-refractivity contribution >= 4 is 22.8 Å². The summed E-state index contributed by atoms with van der Waals surface area (Å²) in [5.41, 5.74) is 3.89. The molecule has 0 amide bonds. The number of aryl methyl sites for hydroxylation is 1. The summed E-state index contributed by atoms with van der Waals surface area (Å²) in [6.07, 6.45) is 0. The number of carbonyl (C=O) groups excluding carboxylic acids is 1. The van der Waals surface area contributed by atoms with Gasteiger partial charge in [-0.2, -0.15) is 0 Å². The number of ether oxygens (including phenoxy) is 1. The Labute approximate surface area is 204 Å². The Morgan fingerprint density at radius 3 is 2.34 bits per heavy atom. The van der Waals surface area contributed by atoms with Crippen LogP contribution in [0.5, 0.6) is 0 Å². The number of rotatable bonds is 5. The summed E-state index contributed by atoms with van der Waals surface area (Å²) < 4.78 is 6.55. The number of esters is 1. The van der Waals surface area contributed by atoms with E-state index in [1.54, 1.807) is 22.8 Å². The lowest BCUT2D eigenvalue weighted by atomic mass is 10.1. The van der Waals surface area contributed by atoms with Crippen molar-refractivity contribution in [3.05, 3.63) is 99.8 Å². The Balaban J connectivity index is 1.53. The molecule has 1 aliphatic heterocycles. The topological polar surface area (TPSA) is 67.7 Å². The van der Waals surface area contributed by atoms with Gasteiger partial charge >= 0.3 is 5.97 Å². The van der Waals surface area contributed by atoms with Gasteiger partial charge in [0.05, 0.1) is 29.3 Å². The molecule has 1 aromatic heterocycles. The van der Waals surface area contributed by atoms with Crippen LogP contribution >= 0.6 is 0 Å². The Hall–Kier alpha value is -3.97. The smallest absolute Gasteiger partial charge is 0.337 e. The van der Waals surface area contributed by atoms with Crippen LogP contribution < -0.4 is 10.5 Å². The molecule has 2 heterocycles. The maximum atomic E-state index is 13.7. The monoisotopic (exact) mass is 468 g/mol. The minimum Gasteiger partial charge on any atom is -0.465 e. The Morgan fingerprint density at radius 1 is 0.943 bits per heavy atom. The molecule has 3 aromatic carbocycles. The zero-order valence-corrected chi connectivity index (χ0v) is 20.0. The fourth-order valence-electron chi connectivity index (χ4n) is 4.51. The Bertz CT molecular complexity index is 1410. The van der Waals surface area contributed by atoms with Crippen molar-refractivity contribution in [2.24, 2.45) is 0 Å². The highest BCUT2D eigenvalue weighted by Crippen LogP contribution is 2.23. The minimum atomic E-state index is -0.451. The molecule has 1 aliphatic rings. The molecule has 0 bridgehead atoms. The first-order valence-electron chi connectivity index (χ1n) is 11.8. The summed E-state index contributed by atoms with van der Waals surface area (Å²) in [7, 11) is 1.34. The van der Waals surface area contributed by atoms with Crippen LogP contribution in [0.4, 0.5) is 5.95 Å². The number of hydrogen-bond acceptors (Lipinski definition) is 6. The first-order chi connectivity index (χ1) is 17.0. The van der Waals surface area contributed by atoms with Crippen LogP contribution in [-0.2, 0) is 11.3 Å². The van der Waals surface area contributed by atoms with E-state index in [-0.39, 0.29) is 5.56 Å². The fraction of sp³-hybridized carbons (Fsp3) is 0.250. The molecule has 178 valence electrons. The highest BCUT2D eigenvalue weighted by Gasteiger charge is 2.23. The van der Waals surface area contributed by atoms with E-state index in [0.717, 1.165) is 44.0 Å². The average molecular weight is 469 g/mol. The highest BCUT2D eigenvalue weighted by atomic mass is 16.5. The lowest BCUT2D eigenvalue weighted by Gasteiger charge is -2.36. The van der Waals surface area contributed by atoms with Crippen LogP contribution in [0.15, 0.2) is 77.6 Å². The van der Waals surface area contributed by atoms with Gasteiger partial charge in [-0.3, -0.25) is 9.69 Å². The van der Waals surface area contributed by atoms with E-state index in [0.29, 0.717) is 22.4 Å². The predicted octanol–water partition coefficient (Wildman–Crippen LogP) is 3.80. The quantitative estimate of drug-likeness (QED) is 0.415. The van der Waals surface area contributed by atoms with E-state index < -0.39 is 5.97 Å². The van der Waals surface area contributed by atoms with E-state index >= 15 is 0 Å². The molecule has 0 atom stereocenters. The van der Waals surface area contributed by atoms with Gasteiger partial charge in [-0.25, -0.2) is 14.3 Å². The van der Waals surface area contributed by atoms with Gasteiger partial charge in [0.1, 0.15) is 0 Å². The number of carbonyl (C=O) groups is 1. The number of aromatic nitrogens is 2. The summed E-state index contributed by atoms with van der Waals surface area (Å²) in [4.78, 5) is 35.3. The summed E-state index contributed by atoms with van der Waals surface area (Å²) in [6.45, 7) is 6.12. The average Bonchev–Trinajstić information content (AvgIpc) is 2.89. The van der Waals surface area contributed by atoms with Crippen molar-refractivity contribution in [3.63, 3.8) is 0 Å². The second-order valence-electron chi connectivity index (χ2n) is 8.86. The zero-order chi connectivity index (χ0) is 24.4. The molecule has 35 heavy (non-hydrogen) atoms. The first-order valence-corrected chi connectivity index (χ1v) is 11.8. The van der Waals surface area contributed by atoms with Crippen LogP contribution in [0, 0.1) is 6.92 Å². The summed E-state index contributed by atoms with van der Waals surface area (Å²) in [6, 6.07) is 23.2. The minimum absolute atomic E-state index is 0.156. The SMILES string of the molecule is COC(=O)c1ccc2c(=O)n(-c3ccc(C)cc3)c(N3CCN(Cc4ccccc4)CC3)nc2c1. The summed E-state index contributed by atoms with van der Waals surface area (Å²) >= 11 is 0. The Morgan fingerprint density at radius 2 is 1.66 bits per heavy atom.